The molecule has 1 saturated carbocycles. The zero-order valence-corrected chi connectivity index (χ0v) is 18.9. The number of nitrogens with zero attached hydrogens (tertiary/aromatic N) is 4. The molecule has 0 saturated heterocycles. The van der Waals surface area contributed by atoms with Crippen LogP contribution in [-0.2, 0) is 20.1 Å². The van der Waals surface area contributed by atoms with Crippen LogP contribution in [0.15, 0.2) is 22.5 Å². The third-order valence-corrected chi connectivity index (χ3v) is 5.73. The summed E-state index contributed by atoms with van der Waals surface area (Å²) in [5, 5.41) is 17.5. The molecule has 26 heavy (non-hydrogen) atoms. The van der Waals surface area contributed by atoms with E-state index in [-0.39, 0.29) is 24.0 Å². The first-order chi connectivity index (χ1) is 12.1. The van der Waals surface area contributed by atoms with Crippen LogP contribution in [0, 0.1) is 12.8 Å². The molecule has 0 aromatic carbocycles. The van der Waals surface area contributed by atoms with E-state index in [0.29, 0.717) is 12.6 Å². The molecule has 2 aromatic heterocycles. The Morgan fingerprint density at radius 1 is 1.38 bits per heavy atom. The second-order valence-electron chi connectivity index (χ2n) is 6.93. The normalized spacial score (nSPS) is 20.5. The van der Waals surface area contributed by atoms with Crippen molar-refractivity contribution in [2.45, 2.75) is 58.7 Å². The van der Waals surface area contributed by atoms with E-state index in [1.165, 1.54) is 30.6 Å². The summed E-state index contributed by atoms with van der Waals surface area (Å²) in [7, 11) is 1.98. The van der Waals surface area contributed by atoms with Gasteiger partial charge in [-0.15, -0.1) is 45.5 Å². The molecule has 1 aliphatic rings. The van der Waals surface area contributed by atoms with Gasteiger partial charge in [-0.25, -0.2) is 4.99 Å². The van der Waals surface area contributed by atoms with Crippen molar-refractivity contribution < 1.29 is 0 Å². The number of rotatable bonds is 5. The van der Waals surface area contributed by atoms with Crippen LogP contribution < -0.4 is 10.6 Å². The van der Waals surface area contributed by atoms with Gasteiger partial charge in [-0.3, -0.25) is 0 Å². The van der Waals surface area contributed by atoms with Gasteiger partial charge in [0.25, 0.3) is 0 Å². The number of hydrogen-bond acceptors (Lipinski definition) is 4. The molecule has 0 radical (unpaired) electrons. The SMILES string of the molecule is Cc1nnc(CN=C(NCc2cccs2)NC2CCCC(C)C2)n1C.I. The molecule has 1 aliphatic carbocycles. The number of guanidine groups is 1. The lowest BCUT2D eigenvalue weighted by atomic mass is 9.87. The second kappa shape index (κ2) is 10.2. The largest absolute Gasteiger partial charge is 0.354 e. The molecule has 0 amide bonds. The lowest BCUT2D eigenvalue weighted by molar-refractivity contribution is 0.324. The first-order valence-corrected chi connectivity index (χ1v) is 9.92. The number of nitrogens with one attached hydrogen (secondary N) is 2. The van der Waals surface area contributed by atoms with Gasteiger partial charge in [0.2, 0.25) is 0 Å². The highest BCUT2D eigenvalue weighted by Gasteiger charge is 2.19. The van der Waals surface area contributed by atoms with Crippen LogP contribution >= 0.6 is 35.3 Å². The standard InChI is InChI=1S/C18H28N6S.HI/c1-13-6-4-7-15(10-13)21-18(19-11-16-8-5-9-25-16)20-12-17-23-22-14(2)24(17)3;/h5,8-9,13,15H,4,6-7,10-12H2,1-3H3,(H2,19,20,21);1H. The van der Waals surface area contributed by atoms with E-state index in [2.05, 4.69) is 45.3 Å². The summed E-state index contributed by atoms with van der Waals surface area (Å²) in [5.74, 6) is 3.44. The molecule has 2 N–H and O–H groups in total. The van der Waals surface area contributed by atoms with Gasteiger partial charge < -0.3 is 15.2 Å². The third-order valence-electron chi connectivity index (χ3n) is 4.85. The number of thiophene rings is 1. The minimum Gasteiger partial charge on any atom is -0.354 e. The van der Waals surface area contributed by atoms with Crippen LogP contribution in [-0.4, -0.2) is 26.8 Å². The summed E-state index contributed by atoms with van der Waals surface area (Å²) in [6, 6.07) is 4.72. The topological polar surface area (TPSA) is 67.1 Å². The first-order valence-electron chi connectivity index (χ1n) is 9.04. The Hall–Kier alpha value is -1.16. The number of aliphatic imine (C=N–C) groups is 1. The molecule has 2 atom stereocenters. The lowest BCUT2D eigenvalue weighted by Gasteiger charge is -2.29. The van der Waals surface area contributed by atoms with Gasteiger partial charge >= 0.3 is 0 Å². The third kappa shape index (κ3) is 5.94. The Kier molecular flexibility index (Phi) is 8.33. The minimum absolute atomic E-state index is 0. The Balaban J connectivity index is 0.00000243. The monoisotopic (exact) mass is 488 g/mol. The summed E-state index contributed by atoms with van der Waals surface area (Å²) < 4.78 is 1.99. The zero-order valence-electron chi connectivity index (χ0n) is 15.7. The average Bonchev–Trinajstić information content (AvgIpc) is 3.22. The van der Waals surface area contributed by atoms with Crippen LogP contribution in [0.4, 0.5) is 0 Å². The van der Waals surface area contributed by atoms with E-state index in [4.69, 9.17) is 4.99 Å². The van der Waals surface area contributed by atoms with Gasteiger partial charge in [-0.1, -0.05) is 25.8 Å². The summed E-state index contributed by atoms with van der Waals surface area (Å²) in [4.78, 5) is 6.07. The van der Waals surface area contributed by atoms with E-state index in [0.717, 1.165) is 30.1 Å². The molecule has 0 aliphatic heterocycles. The smallest absolute Gasteiger partial charge is 0.192 e. The van der Waals surface area contributed by atoms with Crippen LogP contribution in [0.3, 0.4) is 0 Å². The molecule has 144 valence electrons. The van der Waals surface area contributed by atoms with Crippen molar-refractivity contribution in [2.75, 3.05) is 0 Å². The van der Waals surface area contributed by atoms with Crippen LogP contribution in [0.25, 0.3) is 0 Å². The number of halogens is 1. The Labute approximate surface area is 176 Å². The molecule has 6 nitrogen and oxygen atoms in total. The maximum atomic E-state index is 4.76. The van der Waals surface area contributed by atoms with Gasteiger partial charge in [0, 0.05) is 18.0 Å². The molecule has 1 fully saturated rings. The average molecular weight is 488 g/mol. The van der Waals surface area contributed by atoms with E-state index in [9.17, 15) is 0 Å². The Morgan fingerprint density at radius 2 is 2.23 bits per heavy atom. The fraction of sp³-hybridized carbons (Fsp3) is 0.611. The molecule has 2 heterocycles. The van der Waals surface area contributed by atoms with Crippen molar-refractivity contribution in [3.8, 4) is 0 Å². The van der Waals surface area contributed by atoms with E-state index in [1.807, 2.05) is 18.5 Å². The molecular weight excluding hydrogens is 459 g/mol. The molecule has 8 heteroatoms. The van der Waals surface area contributed by atoms with E-state index in [1.54, 1.807) is 11.3 Å². The minimum atomic E-state index is 0. The highest BCUT2D eigenvalue weighted by Crippen LogP contribution is 2.23. The van der Waals surface area contributed by atoms with Gasteiger partial charge in [0.1, 0.15) is 12.4 Å². The van der Waals surface area contributed by atoms with Crippen molar-refractivity contribution in [2.24, 2.45) is 18.0 Å². The molecular formula is C18H29IN6S. The van der Waals surface area contributed by atoms with Gasteiger partial charge in [0.05, 0.1) is 6.54 Å². The Bertz CT molecular complexity index is 697. The molecule has 0 spiro atoms. The quantitative estimate of drug-likeness (QED) is 0.384. The van der Waals surface area contributed by atoms with Crippen molar-refractivity contribution >= 4 is 41.3 Å². The zero-order chi connectivity index (χ0) is 17.6. The fourth-order valence-electron chi connectivity index (χ4n) is 3.23. The molecule has 0 bridgehead atoms. The highest BCUT2D eigenvalue weighted by molar-refractivity contribution is 14.0. The predicted molar refractivity (Wildman–Crippen MR) is 118 cm³/mol. The molecule has 3 rings (SSSR count). The highest BCUT2D eigenvalue weighted by atomic mass is 127. The fourth-order valence-corrected chi connectivity index (χ4v) is 3.88. The molecule has 2 aromatic rings. The Morgan fingerprint density at radius 3 is 2.88 bits per heavy atom. The van der Waals surface area contributed by atoms with Gasteiger partial charge in [-0.05, 0) is 37.1 Å². The van der Waals surface area contributed by atoms with Crippen LogP contribution in [0.5, 0.6) is 0 Å². The summed E-state index contributed by atoms with van der Waals surface area (Å²) in [6.45, 7) is 5.62. The molecule has 2 unspecified atom stereocenters. The van der Waals surface area contributed by atoms with Crippen LogP contribution in [0.1, 0.15) is 49.1 Å². The second-order valence-corrected chi connectivity index (χ2v) is 7.97. The van der Waals surface area contributed by atoms with Gasteiger partial charge in [-0.2, -0.15) is 0 Å². The van der Waals surface area contributed by atoms with Crippen molar-refractivity contribution in [1.29, 1.82) is 0 Å². The summed E-state index contributed by atoms with van der Waals surface area (Å²) in [6.07, 6.45) is 5.06. The predicted octanol–water partition coefficient (Wildman–Crippen LogP) is 3.62. The van der Waals surface area contributed by atoms with Crippen molar-refractivity contribution in [1.82, 2.24) is 25.4 Å². The van der Waals surface area contributed by atoms with Crippen molar-refractivity contribution in [3.05, 3.63) is 34.0 Å². The maximum Gasteiger partial charge on any atom is 0.192 e. The van der Waals surface area contributed by atoms with E-state index < -0.39 is 0 Å². The summed E-state index contributed by atoms with van der Waals surface area (Å²) >= 11 is 1.76. The lowest BCUT2D eigenvalue weighted by Crippen LogP contribution is -2.44. The van der Waals surface area contributed by atoms with Gasteiger partial charge in [0.15, 0.2) is 11.8 Å². The summed E-state index contributed by atoms with van der Waals surface area (Å²) in [5.41, 5.74) is 0. The number of aryl methyl sites for hydroxylation is 1. The van der Waals surface area contributed by atoms with E-state index >= 15 is 0 Å². The number of hydrogen-bond donors (Lipinski definition) is 2. The number of aromatic nitrogens is 3. The van der Waals surface area contributed by atoms with Crippen molar-refractivity contribution in [3.63, 3.8) is 0 Å². The van der Waals surface area contributed by atoms with Crippen LogP contribution in [0.2, 0.25) is 0 Å². The maximum absolute atomic E-state index is 4.76. The first kappa shape index (κ1) is 21.1.